The molecule has 7 atom stereocenters. The number of nitrogens with zero attached hydrogens (tertiary/aromatic N) is 6. The summed E-state index contributed by atoms with van der Waals surface area (Å²) in [6.07, 6.45) is 0.995. The lowest BCUT2D eigenvalue weighted by molar-refractivity contribution is -0.142. The summed E-state index contributed by atoms with van der Waals surface area (Å²) in [5.74, 6) is -8.13. The van der Waals surface area contributed by atoms with Crippen LogP contribution in [0, 0.1) is 5.92 Å². The predicted molar refractivity (Wildman–Crippen MR) is 281 cm³/mol. The maximum absolute atomic E-state index is 14.2. The Bertz CT molecular complexity index is 1970. The summed E-state index contributed by atoms with van der Waals surface area (Å²) in [6.45, 7) is 3.71. The van der Waals surface area contributed by atoms with Crippen LogP contribution in [-0.2, 0) is 33.6 Å². The van der Waals surface area contributed by atoms with Crippen LogP contribution in [0.3, 0.4) is 0 Å². The van der Waals surface area contributed by atoms with Gasteiger partial charge in [0.05, 0.1) is 6.04 Å². The molecule has 0 fully saturated rings. The first kappa shape index (κ1) is 65.9. The van der Waals surface area contributed by atoms with E-state index in [0.717, 1.165) is 0 Å². The molecule has 0 unspecified atom stereocenters. The molecule has 74 heavy (non-hydrogen) atoms. The van der Waals surface area contributed by atoms with E-state index < -0.39 is 89.6 Å². The summed E-state index contributed by atoms with van der Waals surface area (Å²) >= 11 is 0. The highest BCUT2D eigenvalue weighted by Crippen LogP contribution is 2.11. The largest absolute Gasteiger partial charge is 0.480 e. The summed E-state index contributed by atoms with van der Waals surface area (Å²) in [7, 11) is 0. The normalized spacial score (nSPS) is 13.5. The van der Waals surface area contributed by atoms with Gasteiger partial charge in [0.1, 0.15) is 36.3 Å². The number of rotatable bonds is 38. The zero-order chi connectivity index (χ0) is 56.3. The first-order valence-electron chi connectivity index (χ1n) is 23.9. The molecule has 420 valence electrons. The Balaban J connectivity index is 6.85. The van der Waals surface area contributed by atoms with Crippen molar-refractivity contribution in [2.45, 2.75) is 133 Å². The number of aliphatic imine (C=N–C) groups is 6. The number of guanidine groups is 6. The number of aliphatic carboxylic acids is 1. The second-order valence-electron chi connectivity index (χ2n) is 17.2. The van der Waals surface area contributed by atoms with Gasteiger partial charge in [-0.05, 0) is 83.0 Å². The summed E-state index contributed by atoms with van der Waals surface area (Å²) in [5, 5.41) is 25.5. The van der Waals surface area contributed by atoms with E-state index in [-0.39, 0.29) is 146 Å². The molecule has 33 N–H and O–H groups in total. The minimum absolute atomic E-state index is 0.000692. The van der Waals surface area contributed by atoms with Crippen molar-refractivity contribution < 1.29 is 38.7 Å². The fourth-order valence-electron chi connectivity index (χ4n) is 6.65. The van der Waals surface area contributed by atoms with E-state index in [1.807, 2.05) is 0 Å². The van der Waals surface area contributed by atoms with E-state index in [1.165, 1.54) is 0 Å². The Morgan fingerprint density at radius 2 is 0.581 bits per heavy atom. The maximum atomic E-state index is 14.2. The number of hydrogen-bond acceptors (Lipinski definition) is 14. The number of amides is 6. The first-order chi connectivity index (χ1) is 34.7. The number of carboxylic acids is 1. The topological polar surface area (TPSA) is 624 Å². The molecule has 6 amide bonds. The standard InChI is InChI=1S/C41H83N25O8/c1-21(2)28(66-33(71)26(13-7-19-59-40(51)52)63-30(68)23(10-4-16-56-37(45)46)61-29(67)22(42)9-3-15-55-36(43)44)34(72)64-25(12-6-18-58-39(49)50)31(69)62-24(11-5-17-57-38(47)48)32(70)65-27(35(73)74)14-8-20-60-41(53)54/h21-28H,3-20,42H2,1-2H3,(H,61,67)(H,62,69)(H,63,68)(H,64,72)(H,65,70)(H,66,71)(H,73,74)(H4,43,44,55)(H4,45,46,56)(H4,47,48,57)(H4,49,50,58)(H4,51,52,59)(H4,53,54,60)/t22-,23-,24-,25-,26-,27-,28-/m0/s1. The van der Waals surface area contributed by atoms with Gasteiger partial charge < -0.3 is 112 Å². The molecule has 33 nitrogen and oxygen atoms in total. The van der Waals surface area contributed by atoms with Gasteiger partial charge >= 0.3 is 5.97 Å². The Morgan fingerprint density at radius 3 is 0.851 bits per heavy atom. The third kappa shape index (κ3) is 31.3. The molecule has 0 saturated heterocycles. The van der Waals surface area contributed by atoms with Gasteiger partial charge in [-0.2, -0.15) is 0 Å². The predicted octanol–water partition coefficient (Wildman–Crippen LogP) is -8.72. The molecule has 0 radical (unpaired) electrons. The van der Waals surface area contributed by atoms with E-state index in [0.29, 0.717) is 6.42 Å². The molecule has 0 aromatic carbocycles. The molecule has 0 rings (SSSR count). The molecule has 0 aliphatic rings. The second-order valence-corrected chi connectivity index (χ2v) is 17.2. The van der Waals surface area contributed by atoms with Crippen LogP contribution in [0.5, 0.6) is 0 Å². The molecule has 0 saturated carbocycles. The zero-order valence-electron chi connectivity index (χ0n) is 42.3. The van der Waals surface area contributed by atoms with Gasteiger partial charge in [-0.1, -0.05) is 13.8 Å². The van der Waals surface area contributed by atoms with E-state index in [9.17, 15) is 38.7 Å². The Kier molecular flexibility index (Phi) is 32.7. The molecule has 33 heteroatoms. The van der Waals surface area contributed by atoms with Crippen LogP contribution in [0.15, 0.2) is 30.0 Å². The van der Waals surface area contributed by atoms with E-state index in [1.54, 1.807) is 13.8 Å². The van der Waals surface area contributed by atoms with Crippen LogP contribution in [0.25, 0.3) is 0 Å². The average Bonchev–Trinajstić information content (AvgIpc) is 3.30. The first-order valence-corrected chi connectivity index (χ1v) is 23.9. The van der Waals surface area contributed by atoms with Crippen LogP contribution in [0.2, 0.25) is 0 Å². The summed E-state index contributed by atoms with van der Waals surface area (Å²) in [4.78, 5) is 119. The Morgan fingerprint density at radius 1 is 0.351 bits per heavy atom. The summed E-state index contributed by atoms with van der Waals surface area (Å²) < 4.78 is 0. The molecular weight excluding hydrogens is 971 g/mol. The van der Waals surface area contributed by atoms with Crippen LogP contribution >= 0.6 is 0 Å². The van der Waals surface area contributed by atoms with Gasteiger partial charge in [-0.15, -0.1) is 0 Å². The summed E-state index contributed by atoms with van der Waals surface area (Å²) in [5.41, 5.74) is 71.4. The van der Waals surface area contributed by atoms with Gasteiger partial charge in [0.25, 0.3) is 0 Å². The lowest BCUT2D eigenvalue weighted by Crippen LogP contribution is -2.60. The van der Waals surface area contributed by atoms with Crippen LogP contribution in [-0.4, -0.2) is 164 Å². The van der Waals surface area contributed by atoms with Gasteiger partial charge in [0.2, 0.25) is 35.4 Å². The van der Waals surface area contributed by atoms with Crippen molar-refractivity contribution in [2.24, 2.45) is 110 Å². The fourth-order valence-corrected chi connectivity index (χ4v) is 6.65. The smallest absolute Gasteiger partial charge is 0.326 e. The molecule has 0 aliphatic heterocycles. The van der Waals surface area contributed by atoms with Crippen molar-refractivity contribution in [3.63, 3.8) is 0 Å². The Hall–Kier alpha value is -8.13. The van der Waals surface area contributed by atoms with E-state index in [2.05, 4.69) is 61.9 Å². The molecule has 0 heterocycles. The molecule has 0 aromatic rings. The summed E-state index contributed by atoms with van der Waals surface area (Å²) in [6, 6.07) is -9.20. The van der Waals surface area contributed by atoms with Crippen molar-refractivity contribution in [1.82, 2.24) is 31.9 Å². The molecule has 0 spiro atoms. The van der Waals surface area contributed by atoms with Gasteiger partial charge in [0, 0.05) is 39.3 Å². The zero-order valence-corrected chi connectivity index (χ0v) is 42.3. The maximum Gasteiger partial charge on any atom is 0.326 e. The number of carbonyl (C=O) groups is 7. The number of carboxylic acid groups (broad SMARTS) is 1. The lowest BCUT2D eigenvalue weighted by atomic mass is 10.0. The van der Waals surface area contributed by atoms with Crippen LogP contribution in [0.1, 0.15) is 90.9 Å². The van der Waals surface area contributed by atoms with Crippen LogP contribution < -0.4 is 106 Å². The quantitative estimate of drug-likeness (QED) is 0.0155. The monoisotopic (exact) mass is 1050 g/mol. The minimum atomic E-state index is -1.41. The van der Waals surface area contributed by atoms with Gasteiger partial charge in [-0.3, -0.25) is 58.7 Å². The molecule has 0 aliphatic carbocycles. The van der Waals surface area contributed by atoms with Crippen molar-refractivity contribution in [3.8, 4) is 0 Å². The lowest BCUT2D eigenvalue weighted by Gasteiger charge is -2.29. The van der Waals surface area contributed by atoms with Crippen molar-refractivity contribution in [2.75, 3.05) is 39.3 Å². The number of carbonyl (C=O) groups excluding carboxylic acids is 6. The van der Waals surface area contributed by atoms with Gasteiger partial charge in [-0.25, -0.2) is 4.79 Å². The number of hydrogen-bond donors (Lipinski definition) is 20. The van der Waals surface area contributed by atoms with Gasteiger partial charge in [0.15, 0.2) is 35.8 Å². The number of nitrogens with one attached hydrogen (secondary N) is 6. The molecular formula is C41H83N25O8. The van der Waals surface area contributed by atoms with E-state index in [4.69, 9.17) is 74.5 Å². The molecule has 0 aromatic heterocycles. The van der Waals surface area contributed by atoms with Crippen molar-refractivity contribution in [3.05, 3.63) is 0 Å². The Labute approximate surface area is 429 Å². The minimum Gasteiger partial charge on any atom is -0.480 e. The second kappa shape index (κ2) is 36.7. The molecule has 0 bridgehead atoms. The highest BCUT2D eigenvalue weighted by atomic mass is 16.4. The number of nitrogens with two attached hydrogens (primary N) is 13. The van der Waals surface area contributed by atoms with Crippen molar-refractivity contribution in [1.29, 1.82) is 0 Å². The van der Waals surface area contributed by atoms with E-state index >= 15 is 0 Å². The van der Waals surface area contributed by atoms with Crippen molar-refractivity contribution >= 4 is 77.2 Å². The highest BCUT2D eigenvalue weighted by Gasteiger charge is 2.34. The fraction of sp³-hybridized carbons (Fsp3) is 0.683. The highest BCUT2D eigenvalue weighted by molar-refractivity contribution is 5.97. The van der Waals surface area contributed by atoms with Crippen LogP contribution in [0.4, 0.5) is 0 Å². The third-order valence-electron chi connectivity index (χ3n) is 10.4. The third-order valence-corrected chi connectivity index (χ3v) is 10.4. The average molecular weight is 1050 g/mol. The SMILES string of the molecule is CC(C)[C@H](NC(=O)[C@H](CCCN=C(N)N)NC(=O)[C@H](CCCN=C(N)N)NC(=O)[C@@H](N)CCCN=C(N)N)C(=O)N[C@@H](CCCN=C(N)N)C(=O)N[C@@H](CCCN=C(N)N)C(=O)N[C@@H](CCCN=C(N)N)C(=O)O.